The molecule has 0 aliphatic carbocycles. The molecule has 0 bridgehead atoms. The van der Waals surface area contributed by atoms with Crippen LogP contribution in [-0.2, 0) is 6.42 Å². The van der Waals surface area contributed by atoms with E-state index < -0.39 is 0 Å². The number of hydrogen-bond acceptors (Lipinski definition) is 1. The van der Waals surface area contributed by atoms with Gasteiger partial charge in [0.25, 0.3) is 0 Å². The number of para-hydroxylation sites is 2. The van der Waals surface area contributed by atoms with Gasteiger partial charge >= 0.3 is 0 Å². The zero-order valence-corrected chi connectivity index (χ0v) is 9.58. The highest BCUT2D eigenvalue weighted by molar-refractivity contribution is 7.80. The Morgan fingerprint density at radius 3 is 2.38 bits per heavy atom. The molecular formula is C14H11NS. The monoisotopic (exact) mass is 225 g/mol. The summed E-state index contributed by atoms with van der Waals surface area (Å²) >= 11 is 5.45. The molecule has 0 amide bonds. The fourth-order valence-corrected chi connectivity index (χ4v) is 2.47. The molecule has 0 fully saturated rings. The van der Waals surface area contributed by atoms with Crippen LogP contribution in [0.15, 0.2) is 54.6 Å². The van der Waals surface area contributed by atoms with Crippen LogP contribution in [0.25, 0.3) is 0 Å². The van der Waals surface area contributed by atoms with Crippen molar-refractivity contribution < 1.29 is 0 Å². The summed E-state index contributed by atoms with van der Waals surface area (Å²) in [7, 11) is 0. The Morgan fingerprint density at radius 2 is 1.56 bits per heavy atom. The van der Waals surface area contributed by atoms with E-state index in [0.29, 0.717) is 0 Å². The standard InChI is InChI=1S/C14H11NS/c16-14-10-11-6-4-5-9-13(11)15(14)12-7-2-1-3-8-12/h1-9H,10H2. The third-order valence-corrected chi connectivity index (χ3v) is 3.16. The maximum atomic E-state index is 5.45. The zero-order chi connectivity index (χ0) is 11.0. The Labute approximate surface area is 100 Å². The van der Waals surface area contributed by atoms with Gasteiger partial charge in [0.1, 0.15) is 0 Å². The predicted molar refractivity (Wildman–Crippen MR) is 71.3 cm³/mol. The summed E-state index contributed by atoms with van der Waals surface area (Å²) < 4.78 is 0. The second-order valence-corrected chi connectivity index (χ2v) is 4.34. The number of rotatable bonds is 1. The molecule has 0 saturated carbocycles. The van der Waals surface area contributed by atoms with Gasteiger partial charge in [-0.25, -0.2) is 0 Å². The van der Waals surface area contributed by atoms with E-state index in [1.807, 2.05) is 18.2 Å². The summed E-state index contributed by atoms with van der Waals surface area (Å²) in [6.07, 6.45) is 0.875. The molecule has 0 atom stereocenters. The SMILES string of the molecule is S=C1Cc2ccccc2N1c1ccccc1. The summed E-state index contributed by atoms with van der Waals surface area (Å²) in [4.78, 5) is 3.14. The molecule has 1 aliphatic rings. The normalized spacial score (nSPS) is 14.0. The van der Waals surface area contributed by atoms with Crippen LogP contribution in [0.5, 0.6) is 0 Å². The van der Waals surface area contributed by atoms with Crippen molar-refractivity contribution in [2.24, 2.45) is 0 Å². The molecule has 2 aromatic rings. The van der Waals surface area contributed by atoms with Crippen LogP contribution in [0.1, 0.15) is 5.56 Å². The molecule has 3 rings (SSSR count). The first-order valence-electron chi connectivity index (χ1n) is 5.32. The van der Waals surface area contributed by atoms with Gasteiger partial charge in [0.15, 0.2) is 0 Å². The molecule has 1 nitrogen and oxygen atoms in total. The molecule has 2 heteroatoms. The molecule has 0 saturated heterocycles. The average Bonchev–Trinajstić information content (AvgIpc) is 2.66. The maximum absolute atomic E-state index is 5.45. The van der Waals surface area contributed by atoms with Gasteiger partial charge < -0.3 is 4.90 Å². The Balaban J connectivity index is 2.13. The molecule has 0 radical (unpaired) electrons. The van der Waals surface area contributed by atoms with Crippen LogP contribution in [0.3, 0.4) is 0 Å². The van der Waals surface area contributed by atoms with Gasteiger partial charge in [-0.05, 0) is 23.8 Å². The Kier molecular flexibility index (Phi) is 2.22. The minimum atomic E-state index is 0.875. The van der Waals surface area contributed by atoms with E-state index in [9.17, 15) is 0 Å². The van der Waals surface area contributed by atoms with E-state index in [1.165, 1.54) is 11.3 Å². The fraction of sp³-hybridized carbons (Fsp3) is 0.0714. The first-order valence-corrected chi connectivity index (χ1v) is 5.73. The highest BCUT2D eigenvalue weighted by Crippen LogP contribution is 2.35. The van der Waals surface area contributed by atoms with Crippen LogP contribution in [0.2, 0.25) is 0 Å². The van der Waals surface area contributed by atoms with E-state index in [0.717, 1.165) is 17.1 Å². The van der Waals surface area contributed by atoms with Crippen LogP contribution < -0.4 is 4.90 Å². The van der Waals surface area contributed by atoms with E-state index in [1.54, 1.807) is 0 Å². The third-order valence-electron chi connectivity index (χ3n) is 2.84. The third kappa shape index (κ3) is 1.42. The number of benzene rings is 2. The molecule has 2 aromatic carbocycles. The minimum Gasteiger partial charge on any atom is -0.304 e. The number of nitrogens with zero attached hydrogens (tertiary/aromatic N) is 1. The van der Waals surface area contributed by atoms with Gasteiger partial charge in [-0.1, -0.05) is 48.6 Å². The second-order valence-electron chi connectivity index (χ2n) is 3.87. The van der Waals surface area contributed by atoms with Gasteiger partial charge in [0.2, 0.25) is 0 Å². The lowest BCUT2D eigenvalue weighted by Crippen LogP contribution is -2.18. The molecule has 1 aliphatic heterocycles. The molecule has 0 spiro atoms. The first-order chi connectivity index (χ1) is 7.86. The van der Waals surface area contributed by atoms with E-state index in [2.05, 4.69) is 41.3 Å². The number of anilines is 2. The van der Waals surface area contributed by atoms with Crippen molar-refractivity contribution in [1.29, 1.82) is 0 Å². The predicted octanol–water partition coefficient (Wildman–Crippen LogP) is 3.71. The second kappa shape index (κ2) is 3.72. The summed E-state index contributed by atoms with van der Waals surface area (Å²) in [5, 5.41) is 0. The van der Waals surface area contributed by atoms with Crippen molar-refractivity contribution in [2.75, 3.05) is 4.90 Å². The number of thiocarbonyl (C=S) groups is 1. The number of fused-ring (bicyclic) bond motifs is 1. The van der Waals surface area contributed by atoms with Crippen molar-refractivity contribution in [3.8, 4) is 0 Å². The van der Waals surface area contributed by atoms with Crippen LogP contribution in [0, 0.1) is 0 Å². The average molecular weight is 225 g/mol. The fourth-order valence-electron chi connectivity index (χ4n) is 2.11. The smallest absolute Gasteiger partial charge is 0.0914 e. The largest absolute Gasteiger partial charge is 0.304 e. The highest BCUT2D eigenvalue weighted by atomic mass is 32.1. The van der Waals surface area contributed by atoms with Crippen LogP contribution >= 0.6 is 12.2 Å². The molecule has 78 valence electrons. The van der Waals surface area contributed by atoms with Gasteiger partial charge in [-0.3, -0.25) is 0 Å². The van der Waals surface area contributed by atoms with Crippen molar-refractivity contribution in [3.05, 3.63) is 60.2 Å². The molecular weight excluding hydrogens is 214 g/mol. The molecule has 0 N–H and O–H groups in total. The molecule has 0 unspecified atom stereocenters. The lowest BCUT2D eigenvalue weighted by Gasteiger charge is -2.19. The maximum Gasteiger partial charge on any atom is 0.0914 e. The highest BCUT2D eigenvalue weighted by Gasteiger charge is 2.24. The Hall–Kier alpha value is -1.67. The van der Waals surface area contributed by atoms with E-state index in [-0.39, 0.29) is 0 Å². The van der Waals surface area contributed by atoms with Gasteiger partial charge in [-0.2, -0.15) is 0 Å². The summed E-state index contributed by atoms with van der Waals surface area (Å²) in [6, 6.07) is 18.7. The quantitative estimate of drug-likeness (QED) is 0.681. The first kappa shape index (κ1) is 9.55. The Bertz CT molecular complexity index is 533. The zero-order valence-electron chi connectivity index (χ0n) is 8.76. The number of hydrogen-bond donors (Lipinski definition) is 0. The van der Waals surface area contributed by atoms with Gasteiger partial charge in [0.05, 0.1) is 10.7 Å². The van der Waals surface area contributed by atoms with Crippen molar-refractivity contribution in [1.82, 2.24) is 0 Å². The molecule has 16 heavy (non-hydrogen) atoms. The topological polar surface area (TPSA) is 3.24 Å². The Morgan fingerprint density at radius 1 is 0.875 bits per heavy atom. The summed E-state index contributed by atoms with van der Waals surface area (Å²) in [5.41, 5.74) is 3.69. The van der Waals surface area contributed by atoms with E-state index in [4.69, 9.17) is 12.2 Å². The van der Waals surface area contributed by atoms with E-state index >= 15 is 0 Å². The van der Waals surface area contributed by atoms with Gasteiger partial charge in [0, 0.05) is 12.1 Å². The minimum absolute atomic E-state index is 0.875. The summed E-state index contributed by atoms with van der Waals surface area (Å²) in [6.45, 7) is 0. The lowest BCUT2D eigenvalue weighted by molar-refractivity contribution is 1.40. The lowest BCUT2D eigenvalue weighted by atomic mass is 10.2. The van der Waals surface area contributed by atoms with Crippen LogP contribution in [0.4, 0.5) is 11.4 Å². The molecule has 1 heterocycles. The van der Waals surface area contributed by atoms with Crippen molar-refractivity contribution >= 4 is 28.6 Å². The molecule has 0 aromatic heterocycles. The van der Waals surface area contributed by atoms with Gasteiger partial charge in [-0.15, -0.1) is 0 Å². The van der Waals surface area contributed by atoms with Crippen molar-refractivity contribution in [3.63, 3.8) is 0 Å². The van der Waals surface area contributed by atoms with Crippen molar-refractivity contribution in [2.45, 2.75) is 6.42 Å². The summed E-state index contributed by atoms with van der Waals surface area (Å²) in [5.74, 6) is 0. The van der Waals surface area contributed by atoms with Crippen LogP contribution in [-0.4, -0.2) is 4.99 Å².